The number of aromatic amines is 1. The van der Waals surface area contributed by atoms with Crippen molar-refractivity contribution in [1.82, 2.24) is 10.3 Å². The van der Waals surface area contributed by atoms with Crippen LogP contribution in [-0.2, 0) is 6.42 Å². The summed E-state index contributed by atoms with van der Waals surface area (Å²) in [6.45, 7) is 1.21. The van der Waals surface area contributed by atoms with Gasteiger partial charge in [-0.3, -0.25) is 4.98 Å². The lowest BCUT2D eigenvalue weighted by atomic mass is 10.1. The Hall–Kier alpha value is -1.99. The molecular weight excluding hydrogens is 379 g/mol. The molecule has 3 aromatic rings. The molecule has 1 heterocycles. The number of aliphatic hydroxyl groups is 1. The first-order valence-electron chi connectivity index (χ1n) is 8.09. The van der Waals surface area contributed by atoms with E-state index in [1.807, 2.05) is 12.1 Å². The third kappa shape index (κ3) is 5.02. The zero-order chi connectivity index (χ0) is 18.5. The number of hydrogen-bond acceptors (Lipinski definition) is 5. The molecule has 0 saturated heterocycles. The highest BCUT2D eigenvalue weighted by Crippen LogP contribution is 2.22. The lowest BCUT2D eigenvalue weighted by Gasteiger charge is -2.13. The molecular formula is C18H18Cl2N2O4. The number of oxazole rings is 1. The number of aliphatic hydroxyl groups excluding tert-OH is 1. The lowest BCUT2D eigenvalue weighted by molar-refractivity contribution is 0.106. The largest absolute Gasteiger partial charge is 0.491 e. The number of ether oxygens (including phenoxy) is 1. The third-order valence-corrected chi connectivity index (χ3v) is 4.53. The fraction of sp³-hybridized carbons (Fsp3) is 0.278. The normalized spacial score (nSPS) is 12.4. The number of halogens is 2. The summed E-state index contributed by atoms with van der Waals surface area (Å²) in [6.07, 6.45) is 0.103. The Labute approximate surface area is 159 Å². The Bertz CT molecular complexity index is 938. The van der Waals surface area contributed by atoms with Gasteiger partial charge in [-0.2, -0.15) is 0 Å². The molecule has 0 unspecified atom stereocenters. The molecule has 26 heavy (non-hydrogen) atoms. The van der Waals surface area contributed by atoms with Crippen molar-refractivity contribution in [2.75, 3.05) is 19.7 Å². The highest BCUT2D eigenvalue weighted by molar-refractivity contribution is 6.42. The van der Waals surface area contributed by atoms with Crippen LogP contribution in [0.1, 0.15) is 5.56 Å². The maximum Gasteiger partial charge on any atom is 0.417 e. The van der Waals surface area contributed by atoms with Gasteiger partial charge >= 0.3 is 5.76 Å². The van der Waals surface area contributed by atoms with Crippen LogP contribution >= 0.6 is 23.2 Å². The van der Waals surface area contributed by atoms with Crippen molar-refractivity contribution >= 4 is 34.3 Å². The van der Waals surface area contributed by atoms with Crippen molar-refractivity contribution < 1.29 is 14.3 Å². The highest BCUT2D eigenvalue weighted by Gasteiger charge is 2.07. The van der Waals surface area contributed by atoms with Crippen LogP contribution in [0.25, 0.3) is 11.1 Å². The molecule has 1 aromatic heterocycles. The van der Waals surface area contributed by atoms with E-state index in [1.165, 1.54) is 0 Å². The second-order valence-corrected chi connectivity index (χ2v) is 6.65. The molecule has 0 aliphatic carbocycles. The van der Waals surface area contributed by atoms with Crippen LogP contribution in [0.2, 0.25) is 10.0 Å². The fourth-order valence-corrected chi connectivity index (χ4v) is 2.78. The van der Waals surface area contributed by atoms with Gasteiger partial charge in [0.15, 0.2) is 5.58 Å². The molecule has 0 aliphatic rings. The predicted molar refractivity (Wildman–Crippen MR) is 101 cm³/mol. The molecule has 0 aliphatic heterocycles. The first kappa shape index (κ1) is 18.8. The van der Waals surface area contributed by atoms with Crippen molar-refractivity contribution in [1.29, 1.82) is 0 Å². The average molecular weight is 397 g/mol. The molecule has 0 fully saturated rings. The van der Waals surface area contributed by atoms with Gasteiger partial charge in [-0.25, -0.2) is 4.79 Å². The maximum absolute atomic E-state index is 11.1. The van der Waals surface area contributed by atoms with Crippen LogP contribution in [0.3, 0.4) is 0 Å². The maximum atomic E-state index is 11.1. The van der Waals surface area contributed by atoms with Crippen molar-refractivity contribution in [3.05, 3.63) is 62.6 Å². The van der Waals surface area contributed by atoms with E-state index in [2.05, 4.69) is 10.3 Å². The van der Waals surface area contributed by atoms with Gasteiger partial charge in [-0.05, 0) is 42.8 Å². The van der Waals surface area contributed by atoms with Crippen LogP contribution in [0.5, 0.6) is 5.75 Å². The molecule has 1 atom stereocenters. The Kier molecular flexibility index (Phi) is 6.21. The molecule has 3 rings (SSSR count). The smallest absolute Gasteiger partial charge is 0.417 e. The zero-order valence-electron chi connectivity index (χ0n) is 13.8. The van der Waals surface area contributed by atoms with E-state index in [-0.39, 0.29) is 6.61 Å². The van der Waals surface area contributed by atoms with Gasteiger partial charge in [-0.15, -0.1) is 0 Å². The van der Waals surface area contributed by atoms with Gasteiger partial charge in [0, 0.05) is 12.6 Å². The van der Waals surface area contributed by atoms with Gasteiger partial charge < -0.3 is 19.6 Å². The average Bonchev–Trinajstić information content (AvgIpc) is 2.99. The van der Waals surface area contributed by atoms with Crippen LogP contribution in [0.15, 0.2) is 45.6 Å². The highest BCUT2D eigenvalue weighted by atomic mass is 35.5. The number of benzene rings is 2. The number of rotatable bonds is 8. The predicted octanol–water partition coefficient (Wildman–Crippen LogP) is 3.00. The SMILES string of the molecule is O=c1[nH]c2ccc(OC[C@H](O)CNCCc3ccc(Cl)c(Cl)c3)cc2o1. The van der Waals surface area contributed by atoms with Gasteiger partial charge in [0.1, 0.15) is 18.5 Å². The molecule has 0 saturated carbocycles. The summed E-state index contributed by atoms with van der Waals surface area (Å²) in [5.74, 6) is 0.0125. The summed E-state index contributed by atoms with van der Waals surface area (Å²) in [7, 11) is 0. The topological polar surface area (TPSA) is 87.5 Å². The van der Waals surface area contributed by atoms with E-state index in [0.29, 0.717) is 40.0 Å². The number of nitrogens with one attached hydrogen (secondary N) is 2. The van der Waals surface area contributed by atoms with Gasteiger partial charge in [0.25, 0.3) is 0 Å². The van der Waals surface area contributed by atoms with E-state index in [4.69, 9.17) is 32.4 Å². The van der Waals surface area contributed by atoms with E-state index >= 15 is 0 Å². The summed E-state index contributed by atoms with van der Waals surface area (Å²) >= 11 is 11.9. The van der Waals surface area contributed by atoms with Crippen molar-refractivity contribution in [2.45, 2.75) is 12.5 Å². The molecule has 6 nitrogen and oxygen atoms in total. The lowest BCUT2D eigenvalue weighted by Crippen LogP contribution is -2.32. The summed E-state index contributed by atoms with van der Waals surface area (Å²) in [5, 5.41) is 14.2. The monoisotopic (exact) mass is 396 g/mol. The zero-order valence-corrected chi connectivity index (χ0v) is 15.3. The number of aromatic nitrogens is 1. The van der Waals surface area contributed by atoms with Gasteiger partial charge in [0.05, 0.1) is 15.6 Å². The molecule has 2 aromatic carbocycles. The standard InChI is InChI=1S/C18H18Cl2N2O4/c19-14-3-1-11(7-15(14)20)5-6-21-9-12(23)10-25-13-2-4-16-17(8-13)26-18(24)22-16/h1-4,7-8,12,21,23H,5-6,9-10H2,(H,22,24)/t12-/m1/s1. The van der Waals surface area contributed by atoms with Crippen LogP contribution in [0, 0.1) is 0 Å². The van der Waals surface area contributed by atoms with Gasteiger partial charge in [-0.1, -0.05) is 29.3 Å². The van der Waals surface area contributed by atoms with Crippen molar-refractivity contribution in [2.24, 2.45) is 0 Å². The summed E-state index contributed by atoms with van der Waals surface area (Å²) in [6, 6.07) is 10.5. The van der Waals surface area contributed by atoms with Crippen molar-refractivity contribution in [3.8, 4) is 5.75 Å². The molecule has 8 heteroatoms. The third-order valence-electron chi connectivity index (χ3n) is 3.79. The number of H-pyrrole nitrogens is 1. The first-order valence-corrected chi connectivity index (χ1v) is 8.85. The van der Waals surface area contributed by atoms with Crippen LogP contribution < -0.4 is 15.8 Å². The molecule has 0 bridgehead atoms. The molecule has 3 N–H and O–H groups in total. The Morgan fingerprint density at radius 3 is 2.85 bits per heavy atom. The van der Waals surface area contributed by atoms with E-state index in [0.717, 1.165) is 12.0 Å². The summed E-state index contributed by atoms with van der Waals surface area (Å²) in [5.41, 5.74) is 2.09. The minimum absolute atomic E-state index is 0.125. The number of hydrogen-bond donors (Lipinski definition) is 3. The van der Waals surface area contributed by atoms with E-state index in [9.17, 15) is 9.90 Å². The minimum Gasteiger partial charge on any atom is -0.491 e. The quantitative estimate of drug-likeness (QED) is 0.509. The molecule has 0 amide bonds. The van der Waals surface area contributed by atoms with Gasteiger partial charge in [0.2, 0.25) is 0 Å². The van der Waals surface area contributed by atoms with E-state index < -0.39 is 11.9 Å². The van der Waals surface area contributed by atoms with E-state index in [1.54, 1.807) is 24.3 Å². The van der Waals surface area contributed by atoms with Crippen LogP contribution in [-0.4, -0.2) is 35.9 Å². The van der Waals surface area contributed by atoms with Crippen molar-refractivity contribution in [3.63, 3.8) is 0 Å². The Morgan fingerprint density at radius 1 is 1.19 bits per heavy atom. The second-order valence-electron chi connectivity index (χ2n) is 5.84. The molecule has 138 valence electrons. The minimum atomic E-state index is -0.669. The second kappa shape index (κ2) is 8.60. The molecule has 0 radical (unpaired) electrons. The summed E-state index contributed by atoms with van der Waals surface area (Å²) < 4.78 is 10.5. The van der Waals surface area contributed by atoms with Crippen LogP contribution in [0.4, 0.5) is 0 Å². The Morgan fingerprint density at radius 2 is 2.04 bits per heavy atom. The first-order chi connectivity index (χ1) is 12.5. The Balaban J connectivity index is 1.40. The fourth-order valence-electron chi connectivity index (χ4n) is 2.46. The molecule has 0 spiro atoms. The number of fused-ring (bicyclic) bond motifs is 1. The summed E-state index contributed by atoms with van der Waals surface area (Å²) in [4.78, 5) is 13.7.